The van der Waals surface area contributed by atoms with E-state index >= 15 is 0 Å². The number of hydrogen-bond donors (Lipinski definition) is 0. The van der Waals surface area contributed by atoms with Crippen LogP contribution in [0.15, 0.2) is 70.1 Å². The molecule has 0 unspecified atom stereocenters. The van der Waals surface area contributed by atoms with E-state index < -0.39 is 0 Å². The van der Waals surface area contributed by atoms with E-state index in [9.17, 15) is 0 Å². The Hall–Kier alpha value is -2.38. The van der Waals surface area contributed by atoms with Gasteiger partial charge in [-0.25, -0.2) is 0 Å². The van der Waals surface area contributed by atoms with E-state index in [2.05, 4.69) is 81.6 Å². The molecule has 0 atom stereocenters. The smallest absolute Gasteiger partial charge is 0.0772 e. The van der Waals surface area contributed by atoms with Crippen LogP contribution in [0.25, 0.3) is 19.5 Å². The molecule has 138 valence electrons. The highest BCUT2D eigenvalue weighted by molar-refractivity contribution is 7.26. The Bertz CT molecular complexity index is 1340. The lowest BCUT2D eigenvalue weighted by Gasteiger charge is -1.96. The van der Waals surface area contributed by atoms with Crippen molar-refractivity contribution in [2.75, 3.05) is 0 Å². The summed E-state index contributed by atoms with van der Waals surface area (Å²) in [5.74, 6) is 13.4. The first kappa shape index (κ1) is 18.6. The zero-order chi connectivity index (χ0) is 19.5. The van der Waals surface area contributed by atoms with Crippen LogP contribution in [0.1, 0.15) is 20.9 Å². The monoisotopic (exact) mass is 460 g/mol. The molecule has 0 aliphatic carbocycles. The largest absolute Gasteiger partial charge is 0.143 e. The number of thiophene rings is 5. The third-order valence-electron chi connectivity index (χ3n) is 4.05. The first-order chi connectivity index (χ1) is 14.4. The summed E-state index contributed by atoms with van der Waals surface area (Å²) in [6.45, 7) is 0. The van der Waals surface area contributed by atoms with Crippen LogP contribution in [0.2, 0.25) is 0 Å². The van der Waals surface area contributed by atoms with Crippen LogP contribution in [0.3, 0.4) is 0 Å². The van der Waals surface area contributed by atoms with Gasteiger partial charge in [-0.1, -0.05) is 41.9 Å². The van der Waals surface area contributed by atoms with Crippen molar-refractivity contribution in [2.45, 2.75) is 0 Å². The van der Waals surface area contributed by atoms with Gasteiger partial charge in [-0.3, -0.25) is 0 Å². The van der Waals surface area contributed by atoms with Gasteiger partial charge in [0.05, 0.1) is 19.5 Å². The molecule has 0 N–H and O–H groups in total. The fraction of sp³-hybridized carbons (Fsp3) is 0. The third kappa shape index (κ3) is 4.16. The normalized spacial score (nSPS) is 10.2. The van der Waals surface area contributed by atoms with Crippen molar-refractivity contribution >= 4 is 56.7 Å². The first-order valence-corrected chi connectivity index (χ1v) is 13.1. The molecule has 0 aromatic carbocycles. The molecule has 0 radical (unpaired) electrons. The Morgan fingerprint density at radius 2 is 1.21 bits per heavy atom. The second-order valence-corrected chi connectivity index (χ2v) is 10.8. The van der Waals surface area contributed by atoms with Crippen molar-refractivity contribution in [2.24, 2.45) is 0 Å². The zero-order valence-corrected chi connectivity index (χ0v) is 19.1. The lowest BCUT2D eigenvalue weighted by Crippen LogP contribution is -1.78. The predicted molar refractivity (Wildman–Crippen MR) is 132 cm³/mol. The Balaban J connectivity index is 1.60. The Morgan fingerprint density at radius 1 is 0.517 bits per heavy atom. The summed E-state index contributed by atoms with van der Waals surface area (Å²) in [7, 11) is 0. The molecule has 5 rings (SSSR count). The highest BCUT2D eigenvalue weighted by Gasteiger charge is 2.15. The van der Waals surface area contributed by atoms with Gasteiger partial charge >= 0.3 is 0 Å². The second-order valence-electron chi connectivity index (χ2n) is 5.95. The Labute approximate surface area is 189 Å². The highest BCUT2D eigenvalue weighted by Crippen LogP contribution is 2.42. The van der Waals surface area contributed by atoms with Crippen molar-refractivity contribution in [1.29, 1.82) is 0 Å². The van der Waals surface area contributed by atoms with Crippen LogP contribution < -0.4 is 0 Å². The van der Waals surface area contributed by atoms with Gasteiger partial charge in [-0.15, -0.1) is 56.7 Å². The van der Waals surface area contributed by atoms with Gasteiger partial charge in [0.1, 0.15) is 0 Å². The van der Waals surface area contributed by atoms with Gasteiger partial charge in [0.15, 0.2) is 0 Å². The van der Waals surface area contributed by atoms with E-state index in [1.807, 2.05) is 12.1 Å². The minimum Gasteiger partial charge on any atom is -0.143 e. The fourth-order valence-corrected chi connectivity index (χ4v) is 6.84. The maximum absolute atomic E-state index is 3.42. The summed E-state index contributed by atoms with van der Waals surface area (Å²) in [6, 6.07) is 16.8. The molecule has 5 aromatic heterocycles. The van der Waals surface area contributed by atoms with Gasteiger partial charge in [0, 0.05) is 20.9 Å². The van der Waals surface area contributed by atoms with Crippen molar-refractivity contribution < 1.29 is 0 Å². The molecular formula is C24H12S5. The third-order valence-corrected chi connectivity index (χ3v) is 8.90. The van der Waals surface area contributed by atoms with Crippen molar-refractivity contribution in [1.82, 2.24) is 0 Å². The van der Waals surface area contributed by atoms with E-state index in [1.165, 1.54) is 19.5 Å². The number of rotatable bonds is 2. The molecule has 0 saturated carbocycles. The molecule has 0 bridgehead atoms. The molecule has 5 aromatic rings. The SMILES string of the molecule is C(#Cc1ccsc1-c1sc(-c2cccs2)cc1C#Cc1cccs1)c1cccs1. The van der Waals surface area contributed by atoms with Crippen LogP contribution in [-0.4, -0.2) is 0 Å². The lowest BCUT2D eigenvalue weighted by atomic mass is 10.1. The standard InChI is InChI=1S/C24H12S5/c1-4-19(25-12-1)9-7-17-11-15-28-23(17)24-18(8-10-20-5-2-13-26-20)16-22(29-24)21-6-3-14-27-21/h1-6,11-16H. The molecule has 0 saturated heterocycles. The topological polar surface area (TPSA) is 0 Å². The average molecular weight is 461 g/mol. The van der Waals surface area contributed by atoms with Crippen molar-refractivity contribution in [3.8, 4) is 43.2 Å². The summed E-state index contributed by atoms with van der Waals surface area (Å²) in [4.78, 5) is 7.13. The van der Waals surface area contributed by atoms with Crippen LogP contribution in [0.4, 0.5) is 0 Å². The molecule has 29 heavy (non-hydrogen) atoms. The maximum atomic E-state index is 3.42. The van der Waals surface area contributed by atoms with E-state index in [0.717, 1.165) is 20.9 Å². The van der Waals surface area contributed by atoms with Crippen LogP contribution in [-0.2, 0) is 0 Å². The van der Waals surface area contributed by atoms with E-state index in [-0.39, 0.29) is 0 Å². The summed E-state index contributed by atoms with van der Waals surface area (Å²) in [5.41, 5.74) is 2.15. The van der Waals surface area contributed by atoms with Gasteiger partial charge in [-0.05, 0) is 51.9 Å². The molecule has 0 aliphatic heterocycles. The highest BCUT2D eigenvalue weighted by atomic mass is 32.1. The van der Waals surface area contributed by atoms with Crippen LogP contribution in [0.5, 0.6) is 0 Å². The second kappa shape index (κ2) is 8.55. The maximum Gasteiger partial charge on any atom is 0.0772 e. The van der Waals surface area contributed by atoms with Gasteiger partial charge in [-0.2, -0.15) is 0 Å². The molecule has 0 spiro atoms. The van der Waals surface area contributed by atoms with Gasteiger partial charge in [0.2, 0.25) is 0 Å². The van der Waals surface area contributed by atoms with Crippen molar-refractivity contribution in [3.05, 3.63) is 90.9 Å². The fourth-order valence-electron chi connectivity index (χ4n) is 2.73. The molecule has 5 heterocycles. The molecule has 0 fully saturated rings. The summed E-state index contributed by atoms with van der Waals surface area (Å²) < 4.78 is 0. The van der Waals surface area contributed by atoms with E-state index in [4.69, 9.17) is 0 Å². The molecule has 0 nitrogen and oxygen atoms in total. The summed E-state index contributed by atoms with van der Waals surface area (Å²) in [5, 5.41) is 8.36. The van der Waals surface area contributed by atoms with Gasteiger partial charge < -0.3 is 0 Å². The summed E-state index contributed by atoms with van der Waals surface area (Å²) >= 11 is 8.65. The quantitative estimate of drug-likeness (QED) is 0.233. The Morgan fingerprint density at radius 3 is 1.86 bits per heavy atom. The van der Waals surface area contributed by atoms with Crippen molar-refractivity contribution in [3.63, 3.8) is 0 Å². The molecular weight excluding hydrogens is 449 g/mol. The zero-order valence-electron chi connectivity index (χ0n) is 15.0. The minimum atomic E-state index is 1.07. The minimum absolute atomic E-state index is 1.07. The van der Waals surface area contributed by atoms with Crippen LogP contribution in [0, 0.1) is 23.7 Å². The Kier molecular flexibility index (Phi) is 5.49. The molecule has 0 amide bonds. The van der Waals surface area contributed by atoms with E-state index in [1.54, 1.807) is 56.7 Å². The van der Waals surface area contributed by atoms with Crippen LogP contribution >= 0.6 is 56.7 Å². The molecule has 5 heteroatoms. The lowest BCUT2D eigenvalue weighted by molar-refractivity contribution is 1.77. The summed E-state index contributed by atoms with van der Waals surface area (Å²) in [6.07, 6.45) is 0. The van der Waals surface area contributed by atoms with E-state index in [0.29, 0.717) is 0 Å². The predicted octanol–water partition coefficient (Wildman–Crippen LogP) is 8.13. The molecule has 0 aliphatic rings. The average Bonchev–Trinajstić information content (AvgIpc) is 3.54. The van der Waals surface area contributed by atoms with Gasteiger partial charge in [0.25, 0.3) is 0 Å². The first-order valence-electron chi connectivity index (χ1n) is 8.73. The number of hydrogen-bond acceptors (Lipinski definition) is 5.